The second kappa shape index (κ2) is 8.25. The zero-order valence-electron chi connectivity index (χ0n) is 13.3. The van der Waals surface area contributed by atoms with Gasteiger partial charge in [-0.15, -0.1) is 0 Å². The number of ether oxygens (including phenoxy) is 1. The lowest BCUT2D eigenvalue weighted by Gasteiger charge is -2.32. The van der Waals surface area contributed by atoms with Gasteiger partial charge in [-0.1, -0.05) is 81.2 Å². The van der Waals surface area contributed by atoms with E-state index in [9.17, 15) is 4.79 Å². The molecule has 0 spiro atoms. The minimum Gasteiger partial charge on any atom is -0.469 e. The number of esters is 1. The molecule has 20 heavy (non-hydrogen) atoms. The monoisotopic (exact) mass is 292 g/mol. The van der Waals surface area contributed by atoms with Crippen LogP contribution in [-0.2, 0) is 9.53 Å². The first-order valence-electron chi connectivity index (χ1n) is 7.64. The molecule has 2 nitrogen and oxygen atoms in total. The third kappa shape index (κ3) is 4.78. The Morgan fingerprint density at radius 3 is 2.40 bits per heavy atom. The third-order valence-electron chi connectivity index (χ3n) is 4.34. The Morgan fingerprint density at radius 2 is 1.85 bits per heavy atom. The maximum atomic E-state index is 11.7. The number of hydrogen-bond donors (Lipinski definition) is 0. The van der Waals surface area contributed by atoms with Crippen LogP contribution in [0.1, 0.15) is 39.0 Å². The topological polar surface area (TPSA) is 26.3 Å². The summed E-state index contributed by atoms with van der Waals surface area (Å²) in [6.07, 6.45) is 5.38. The van der Waals surface area contributed by atoms with Gasteiger partial charge in [-0.05, 0) is 5.54 Å². The number of methoxy groups -OCH3 is 1. The van der Waals surface area contributed by atoms with Gasteiger partial charge >= 0.3 is 5.97 Å². The molecule has 0 aliphatic heterocycles. The fraction of sp³-hybridized carbons (Fsp3) is 0.588. The molecule has 0 aliphatic rings. The number of carbonyl (C=O) groups is 1. The van der Waals surface area contributed by atoms with Gasteiger partial charge in [-0.3, -0.25) is 4.79 Å². The van der Waals surface area contributed by atoms with Crippen LogP contribution in [0.2, 0.25) is 18.6 Å². The van der Waals surface area contributed by atoms with Crippen molar-refractivity contribution in [1.82, 2.24) is 0 Å². The minimum atomic E-state index is -1.64. The molecule has 1 aromatic rings. The molecule has 0 aromatic heterocycles. The second-order valence-electron chi connectivity index (χ2n) is 6.06. The number of hydrogen-bond acceptors (Lipinski definition) is 2. The Labute approximate surface area is 124 Å². The molecule has 0 fully saturated rings. The molecule has 0 heterocycles. The van der Waals surface area contributed by atoms with Gasteiger partial charge in [-0.25, -0.2) is 0 Å². The highest BCUT2D eigenvalue weighted by molar-refractivity contribution is 6.91. The summed E-state index contributed by atoms with van der Waals surface area (Å²) in [4.78, 5) is 11.7. The lowest BCUT2D eigenvalue weighted by molar-refractivity contribution is -0.140. The Hall–Kier alpha value is -1.09. The van der Waals surface area contributed by atoms with E-state index in [2.05, 4.69) is 50.3 Å². The van der Waals surface area contributed by atoms with E-state index < -0.39 is 8.07 Å². The van der Waals surface area contributed by atoms with E-state index in [1.165, 1.54) is 31.6 Å². The molecular formula is C17H28O2Si. The van der Waals surface area contributed by atoms with Crippen LogP contribution in [0.25, 0.3) is 0 Å². The highest BCUT2D eigenvalue weighted by atomic mass is 28.3. The van der Waals surface area contributed by atoms with E-state index in [1.54, 1.807) is 0 Å². The zero-order valence-corrected chi connectivity index (χ0v) is 14.3. The van der Waals surface area contributed by atoms with Crippen LogP contribution < -0.4 is 5.19 Å². The summed E-state index contributed by atoms with van der Waals surface area (Å²) < 4.78 is 4.90. The Balaban J connectivity index is 2.86. The summed E-state index contributed by atoms with van der Waals surface area (Å²) in [6, 6.07) is 10.7. The van der Waals surface area contributed by atoms with Crippen molar-refractivity contribution in [3.05, 3.63) is 30.3 Å². The van der Waals surface area contributed by atoms with Crippen LogP contribution >= 0.6 is 0 Å². The molecule has 0 N–H and O–H groups in total. The fourth-order valence-electron chi connectivity index (χ4n) is 2.75. The molecule has 0 unspecified atom stereocenters. The van der Waals surface area contributed by atoms with Gasteiger partial charge in [0.25, 0.3) is 0 Å². The van der Waals surface area contributed by atoms with E-state index >= 15 is 0 Å². The van der Waals surface area contributed by atoms with Crippen molar-refractivity contribution in [3.8, 4) is 0 Å². The van der Waals surface area contributed by atoms with Crippen molar-refractivity contribution in [3.63, 3.8) is 0 Å². The number of carbonyl (C=O) groups excluding carboxylic acids is 1. The van der Waals surface area contributed by atoms with Crippen molar-refractivity contribution < 1.29 is 9.53 Å². The molecule has 3 heteroatoms. The van der Waals surface area contributed by atoms with Gasteiger partial charge in [0.2, 0.25) is 0 Å². The maximum absolute atomic E-state index is 11.7. The van der Waals surface area contributed by atoms with E-state index in [0.717, 1.165) is 6.42 Å². The minimum absolute atomic E-state index is 0.0667. The molecule has 112 valence electrons. The molecule has 0 radical (unpaired) electrons. The quantitative estimate of drug-likeness (QED) is 0.409. The summed E-state index contributed by atoms with van der Waals surface area (Å²) in [7, 11) is -0.150. The molecule has 1 atom stereocenters. The summed E-state index contributed by atoms with van der Waals surface area (Å²) in [6.45, 7) is 6.97. The predicted octanol–water partition coefficient (Wildman–Crippen LogP) is 4.12. The number of unbranched alkanes of at least 4 members (excludes halogenated alkanes) is 2. The predicted molar refractivity (Wildman–Crippen MR) is 88.1 cm³/mol. The molecule has 0 saturated carbocycles. The molecule has 0 bridgehead atoms. The van der Waals surface area contributed by atoms with Crippen molar-refractivity contribution in [2.75, 3.05) is 7.11 Å². The third-order valence-corrected chi connectivity index (χ3v) is 8.69. The summed E-state index contributed by atoms with van der Waals surface area (Å²) in [5.74, 6) is -0.0667. The van der Waals surface area contributed by atoms with Crippen LogP contribution in [0.15, 0.2) is 30.3 Å². The average Bonchev–Trinajstić information content (AvgIpc) is 2.47. The van der Waals surface area contributed by atoms with Gasteiger partial charge in [0.15, 0.2) is 0 Å². The van der Waals surface area contributed by atoms with Crippen molar-refractivity contribution in [2.45, 2.75) is 57.7 Å². The smallest absolute Gasteiger partial charge is 0.305 e. The summed E-state index contributed by atoms with van der Waals surface area (Å²) in [5, 5.41) is 1.44. The largest absolute Gasteiger partial charge is 0.469 e. The first-order chi connectivity index (χ1) is 9.52. The lowest BCUT2D eigenvalue weighted by atomic mass is 10.1. The standard InChI is InChI=1S/C17H28O2Si/c1-5-6-8-13-16(14-17(18)19-2)20(3,4)15-11-9-7-10-12-15/h7,9-12,16H,5-6,8,13-14H2,1-4H3/t16-/m0/s1. The van der Waals surface area contributed by atoms with Crippen molar-refractivity contribution in [1.29, 1.82) is 0 Å². The highest BCUT2D eigenvalue weighted by Gasteiger charge is 2.34. The van der Waals surface area contributed by atoms with E-state index in [1.807, 2.05) is 0 Å². The molecule has 1 rings (SSSR count). The average molecular weight is 292 g/mol. The van der Waals surface area contributed by atoms with Crippen LogP contribution in [0.4, 0.5) is 0 Å². The first-order valence-corrected chi connectivity index (χ1v) is 10.7. The summed E-state index contributed by atoms with van der Waals surface area (Å²) >= 11 is 0. The van der Waals surface area contributed by atoms with Crippen LogP contribution in [0.3, 0.4) is 0 Å². The van der Waals surface area contributed by atoms with Gasteiger partial charge in [0, 0.05) is 6.42 Å². The van der Waals surface area contributed by atoms with Crippen molar-refractivity contribution in [2.24, 2.45) is 0 Å². The normalized spacial score (nSPS) is 13.0. The van der Waals surface area contributed by atoms with E-state index in [4.69, 9.17) is 4.74 Å². The van der Waals surface area contributed by atoms with Gasteiger partial charge in [-0.2, -0.15) is 0 Å². The summed E-state index contributed by atoms with van der Waals surface area (Å²) in [5.41, 5.74) is 0.462. The Kier molecular flexibility index (Phi) is 7.00. The maximum Gasteiger partial charge on any atom is 0.305 e. The van der Waals surface area contributed by atoms with Crippen LogP contribution in [-0.4, -0.2) is 21.2 Å². The molecule has 1 aromatic carbocycles. The SMILES string of the molecule is CCCCC[C@@H](CC(=O)OC)[Si](C)(C)c1ccccc1. The molecule has 0 aliphatic carbocycles. The van der Waals surface area contributed by atoms with E-state index in [0.29, 0.717) is 12.0 Å². The zero-order chi connectivity index (χ0) is 15.0. The van der Waals surface area contributed by atoms with E-state index in [-0.39, 0.29) is 5.97 Å². The van der Waals surface area contributed by atoms with Crippen LogP contribution in [0.5, 0.6) is 0 Å². The highest BCUT2D eigenvalue weighted by Crippen LogP contribution is 2.31. The number of rotatable bonds is 8. The molecule has 0 amide bonds. The van der Waals surface area contributed by atoms with Gasteiger partial charge < -0.3 is 4.74 Å². The second-order valence-corrected chi connectivity index (χ2v) is 10.9. The number of benzene rings is 1. The van der Waals surface area contributed by atoms with Crippen molar-refractivity contribution >= 4 is 19.2 Å². The van der Waals surface area contributed by atoms with Gasteiger partial charge in [0.1, 0.15) is 0 Å². The Morgan fingerprint density at radius 1 is 1.20 bits per heavy atom. The molecule has 0 saturated heterocycles. The molecular weight excluding hydrogens is 264 g/mol. The van der Waals surface area contributed by atoms with Gasteiger partial charge in [0.05, 0.1) is 15.2 Å². The first kappa shape index (κ1) is 17.0. The lowest BCUT2D eigenvalue weighted by Crippen LogP contribution is -2.46. The fourth-order valence-corrected chi connectivity index (χ4v) is 5.87. The van der Waals surface area contributed by atoms with Crippen LogP contribution in [0, 0.1) is 0 Å². The Bertz CT molecular complexity index is 401.